The minimum absolute atomic E-state index is 0.0455. The molecular weight excluding hydrogens is 294 g/mol. The maximum atomic E-state index is 12.5. The van der Waals surface area contributed by atoms with Crippen LogP contribution in [0.25, 0.3) is 0 Å². The van der Waals surface area contributed by atoms with Crippen molar-refractivity contribution in [2.45, 2.75) is 31.8 Å². The van der Waals surface area contributed by atoms with Gasteiger partial charge in [0.15, 0.2) is 5.76 Å². The van der Waals surface area contributed by atoms with Gasteiger partial charge in [0.05, 0.1) is 6.26 Å². The van der Waals surface area contributed by atoms with Crippen molar-refractivity contribution in [3.63, 3.8) is 0 Å². The molecule has 0 spiro atoms. The van der Waals surface area contributed by atoms with Crippen LogP contribution >= 0.6 is 0 Å². The van der Waals surface area contributed by atoms with E-state index < -0.39 is 6.04 Å². The Balaban J connectivity index is 1.51. The number of carbonyl (C=O) groups is 2. The van der Waals surface area contributed by atoms with Gasteiger partial charge in [-0.2, -0.15) is 0 Å². The summed E-state index contributed by atoms with van der Waals surface area (Å²) >= 11 is 0. The van der Waals surface area contributed by atoms with Crippen LogP contribution in [-0.4, -0.2) is 40.4 Å². The first kappa shape index (κ1) is 15.4. The molecule has 1 N–H and O–H groups in total. The van der Waals surface area contributed by atoms with Crippen LogP contribution in [0, 0.1) is 0 Å². The molecule has 1 fully saturated rings. The molecule has 0 aromatic carbocycles. The largest absolute Gasteiger partial charge is 0.459 e. The zero-order valence-corrected chi connectivity index (χ0v) is 13.1. The lowest BCUT2D eigenvalue weighted by Crippen LogP contribution is -2.49. The van der Waals surface area contributed by atoms with Crippen LogP contribution in [0.1, 0.15) is 36.4 Å². The second-order valence-electron chi connectivity index (χ2n) is 5.86. The summed E-state index contributed by atoms with van der Waals surface area (Å²) in [4.78, 5) is 26.2. The van der Waals surface area contributed by atoms with E-state index in [-0.39, 0.29) is 17.6 Å². The van der Waals surface area contributed by atoms with Gasteiger partial charge in [-0.25, -0.2) is 0 Å². The van der Waals surface area contributed by atoms with Gasteiger partial charge in [-0.3, -0.25) is 9.59 Å². The van der Waals surface area contributed by atoms with Crippen molar-refractivity contribution in [1.82, 2.24) is 14.8 Å². The van der Waals surface area contributed by atoms with E-state index in [0.29, 0.717) is 19.1 Å². The molecular formula is C17H21N3O3. The van der Waals surface area contributed by atoms with Crippen molar-refractivity contribution in [3.8, 4) is 0 Å². The highest BCUT2D eigenvalue weighted by molar-refractivity contribution is 5.95. The summed E-state index contributed by atoms with van der Waals surface area (Å²) in [6.07, 6.45) is 7.43. The first-order valence-corrected chi connectivity index (χ1v) is 7.91. The summed E-state index contributed by atoms with van der Waals surface area (Å²) in [6, 6.07) is 7.15. The monoisotopic (exact) mass is 315 g/mol. The number of rotatable bonds is 4. The van der Waals surface area contributed by atoms with E-state index in [1.54, 1.807) is 19.1 Å². The highest BCUT2D eigenvalue weighted by Gasteiger charge is 2.27. The molecule has 23 heavy (non-hydrogen) atoms. The lowest BCUT2D eigenvalue weighted by atomic mass is 10.0. The molecule has 1 atom stereocenters. The van der Waals surface area contributed by atoms with E-state index in [9.17, 15) is 9.59 Å². The minimum atomic E-state index is -0.560. The number of nitrogens with zero attached hydrogens (tertiary/aromatic N) is 2. The van der Waals surface area contributed by atoms with Crippen LogP contribution in [0.2, 0.25) is 0 Å². The Morgan fingerprint density at radius 1 is 1.22 bits per heavy atom. The van der Waals surface area contributed by atoms with Gasteiger partial charge in [0.2, 0.25) is 5.91 Å². The fourth-order valence-electron chi connectivity index (χ4n) is 2.99. The molecule has 122 valence electrons. The van der Waals surface area contributed by atoms with E-state index in [1.807, 2.05) is 17.0 Å². The van der Waals surface area contributed by atoms with Crippen molar-refractivity contribution < 1.29 is 14.0 Å². The molecule has 1 unspecified atom stereocenters. The van der Waals surface area contributed by atoms with E-state index in [0.717, 1.165) is 12.8 Å². The normalized spacial score (nSPS) is 17.0. The zero-order valence-electron chi connectivity index (χ0n) is 13.1. The lowest BCUT2D eigenvalue weighted by Gasteiger charge is -2.34. The third kappa shape index (κ3) is 3.47. The maximum absolute atomic E-state index is 12.5. The summed E-state index contributed by atoms with van der Waals surface area (Å²) in [5.74, 6) is -0.190. The van der Waals surface area contributed by atoms with Crippen LogP contribution in [0.4, 0.5) is 0 Å². The Kier molecular flexibility index (Phi) is 4.50. The van der Waals surface area contributed by atoms with Crippen LogP contribution < -0.4 is 5.32 Å². The third-order valence-corrected chi connectivity index (χ3v) is 4.29. The lowest BCUT2D eigenvalue weighted by molar-refractivity contribution is -0.134. The van der Waals surface area contributed by atoms with Gasteiger partial charge in [-0.15, -0.1) is 0 Å². The number of aromatic nitrogens is 1. The first-order valence-electron chi connectivity index (χ1n) is 7.91. The van der Waals surface area contributed by atoms with Crippen molar-refractivity contribution >= 4 is 11.8 Å². The SMILES string of the molecule is CC(NC(=O)c1ccco1)C(=O)N1CCC(n2cccc2)CC1. The number of hydrogen-bond acceptors (Lipinski definition) is 3. The molecule has 3 rings (SSSR count). The second-order valence-corrected chi connectivity index (χ2v) is 5.86. The van der Waals surface area contributed by atoms with Gasteiger partial charge in [0, 0.05) is 31.5 Å². The van der Waals surface area contributed by atoms with Gasteiger partial charge in [0.1, 0.15) is 6.04 Å². The van der Waals surface area contributed by atoms with E-state index >= 15 is 0 Å². The Hall–Kier alpha value is -2.50. The van der Waals surface area contributed by atoms with Gasteiger partial charge in [-0.1, -0.05) is 0 Å². The predicted octanol–water partition coefficient (Wildman–Crippen LogP) is 2.06. The summed E-state index contributed by atoms with van der Waals surface area (Å²) < 4.78 is 7.24. The number of amides is 2. The maximum Gasteiger partial charge on any atom is 0.287 e. The average molecular weight is 315 g/mol. The molecule has 6 nitrogen and oxygen atoms in total. The van der Waals surface area contributed by atoms with Crippen LogP contribution in [0.15, 0.2) is 47.3 Å². The van der Waals surface area contributed by atoms with Gasteiger partial charge < -0.3 is 19.2 Å². The highest BCUT2D eigenvalue weighted by atomic mass is 16.3. The standard InChI is InChI=1S/C17H21N3O3/c1-13(18-16(21)15-5-4-12-23-15)17(22)20-10-6-14(7-11-20)19-8-2-3-9-19/h2-5,8-9,12-14H,6-7,10-11H2,1H3,(H,18,21). The predicted molar refractivity (Wildman–Crippen MR) is 84.9 cm³/mol. The average Bonchev–Trinajstić information content (AvgIpc) is 3.27. The van der Waals surface area contributed by atoms with Crippen molar-refractivity contribution in [2.75, 3.05) is 13.1 Å². The van der Waals surface area contributed by atoms with Crippen molar-refractivity contribution in [3.05, 3.63) is 48.7 Å². The van der Waals surface area contributed by atoms with Crippen LogP contribution in [0.5, 0.6) is 0 Å². The van der Waals surface area contributed by atoms with E-state index in [2.05, 4.69) is 22.3 Å². The molecule has 6 heteroatoms. The highest BCUT2D eigenvalue weighted by Crippen LogP contribution is 2.22. The smallest absolute Gasteiger partial charge is 0.287 e. The minimum Gasteiger partial charge on any atom is -0.459 e. The molecule has 1 aliphatic heterocycles. The first-order chi connectivity index (χ1) is 11.1. The zero-order chi connectivity index (χ0) is 16.2. The van der Waals surface area contributed by atoms with E-state index in [1.165, 1.54) is 6.26 Å². The Labute approximate surface area is 135 Å². The number of likely N-dealkylation sites (tertiary alicyclic amines) is 1. The van der Waals surface area contributed by atoms with E-state index in [4.69, 9.17) is 4.42 Å². The number of piperidine rings is 1. The van der Waals surface area contributed by atoms with Gasteiger partial charge in [0.25, 0.3) is 5.91 Å². The molecule has 2 aromatic rings. The molecule has 0 bridgehead atoms. The molecule has 0 radical (unpaired) electrons. The number of nitrogens with one attached hydrogen (secondary N) is 1. The molecule has 2 amide bonds. The number of hydrogen-bond donors (Lipinski definition) is 1. The summed E-state index contributed by atoms with van der Waals surface area (Å²) in [5, 5.41) is 2.69. The van der Waals surface area contributed by atoms with Crippen LogP contribution in [-0.2, 0) is 4.79 Å². The summed E-state index contributed by atoms with van der Waals surface area (Å²) in [5.41, 5.74) is 0. The summed E-state index contributed by atoms with van der Waals surface area (Å²) in [6.45, 7) is 3.13. The molecule has 0 aliphatic carbocycles. The molecule has 2 aromatic heterocycles. The Morgan fingerprint density at radius 2 is 1.91 bits per heavy atom. The van der Waals surface area contributed by atoms with Crippen LogP contribution in [0.3, 0.4) is 0 Å². The molecule has 1 aliphatic rings. The molecule has 0 saturated carbocycles. The fraction of sp³-hybridized carbons (Fsp3) is 0.412. The van der Waals surface area contributed by atoms with Crippen molar-refractivity contribution in [1.29, 1.82) is 0 Å². The van der Waals surface area contributed by atoms with Gasteiger partial charge >= 0.3 is 0 Å². The van der Waals surface area contributed by atoms with Gasteiger partial charge in [-0.05, 0) is 44.0 Å². The molecule has 3 heterocycles. The number of carbonyl (C=O) groups excluding carboxylic acids is 2. The van der Waals surface area contributed by atoms with Crippen molar-refractivity contribution in [2.24, 2.45) is 0 Å². The molecule has 1 saturated heterocycles. The Bertz CT molecular complexity index is 641. The topological polar surface area (TPSA) is 67.5 Å². The Morgan fingerprint density at radius 3 is 2.52 bits per heavy atom. The fourth-order valence-corrected chi connectivity index (χ4v) is 2.99. The summed E-state index contributed by atoms with van der Waals surface area (Å²) in [7, 11) is 0. The second kappa shape index (κ2) is 6.73. The quantitative estimate of drug-likeness (QED) is 0.939. The third-order valence-electron chi connectivity index (χ3n) is 4.29. The number of furan rings is 1.